The summed E-state index contributed by atoms with van der Waals surface area (Å²) in [5.41, 5.74) is 4.28. The average molecular weight is 234 g/mol. The molecule has 0 saturated heterocycles. The predicted octanol–water partition coefficient (Wildman–Crippen LogP) is 1.60. The van der Waals surface area contributed by atoms with Gasteiger partial charge in [0.15, 0.2) is 0 Å². The molecule has 16 heavy (non-hydrogen) atoms. The molecule has 1 aromatic heterocycles. The van der Waals surface area contributed by atoms with Crippen molar-refractivity contribution in [2.24, 2.45) is 5.73 Å². The van der Waals surface area contributed by atoms with Gasteiger partial charge in [-0.1, -0.05) is 6.92 Å². The van der Waals surface area contributed by atoms with Crippen LogP contribution in [0, 0.1) is 0 Å². The molecule has 0 saturated carbocycles. The molecule has 0 spiro atoms. The number of alkyl halides is 3. The lowest BCUT2D eigenvalue weighted by Crippen LogP contribution is -2.31. The van der Waals surface area contributed by atoms with Crippen molar-refractivity contribution in [2.75, 3.05) is 0 Å². The molecule has 0 radical (unpaired) electrons. The van der Waals surface area contributed by atoms with Crippen molar-refractivity contribution in [3.05, 3.63) is 34.2 Å². The van der Waals surface area contributed by atoms with Gasteiger partial charge < -0.3 is 10.3 Å². The highest BCUT2D eigenvalue weighted by Crippen LogP contribution is 2.27. The number of rotatable bonds is 3. The molecule has 90 valence electrons. The lowest BCUT2D eigenvalue weighted by molar-refractivity contribution is -0.138. The summed E-state index contributed by atoms with van der Waals surface area (Å²) in [7, 11) is 0. The second-order valence-corrected chi connectivity index (χ2v) is 3.57. The molecule has 1 heterocycles. The van der Waals surface area contributed by atoms with Gasteiger partial charge in [-0.3, -0.25) is 4.79 Å². The Morgan fingerprint density at radius 2 is 2.06 bits per heavy atom. The first-order chi connectivity index (χ1) is 7.34. The standard InChI is InChI=1S/C10H13F3N2O/c1-2-8(14)6-15-5-7(10(11,12)13)3-4-9(15)16/h3-5,8H,2,6,14H2,1H3. The molecule has 0 fully saturated rings. The molecule has 0 aliphatic carbocycles. The van der Waals surface area contributed by atoms with E-state index in [0.29, 0.717) is 6.42 Å². The van der Waals surface area contributed by atoms with Gasteiger partial charge in [0.25, 0.3) is 5.56 Å². The number of pyridine rings is 1. The first-order valence-corrected chi connectivity index (χ1v) is 4.88. The number of hydrogen-bond acceptors (Lipinski definition) is 2. The molecule has 0 aliphatic rings. The smallest absolute Gasteiger partial charge is 0.326 e. The van der Waals surface area contributed by atoms with Crippen LogP contribution in [0.15, 0.2) is 23.1 Å². The first-order valence-electron chi connectivity index (χ1n) is 4.88. The summed E-state index contributed by atoms with van der Waals surface area (Å²) in [6.07, 6.45) is -3.04. The lowest BCUT2D eigenvalue weighted by Gasteiger charge is -2.13. The summed E-state index contributed by atoms with van der Waals surface area (Å²) < 4.78 is 38.1. The molecule has 2 N–H and O–H groups in total. The summed E-state index contributed by atoms with van der Waals surface area (Å²) in [6.45, 7) is 1.91. The summed E-state index contributed by atoms with van der Waals surface area (Å²) >= 11 is 0. The molecule has 0 amide bonds. The van der Waals surface area contributed by atoms with Gasteiger partial charge in [0, 0.05) is 24.8 Å². The van der Waals surface area contributed by atoms with Crippen LogP contribution in [0.2, 0.25) is 0 Å². The van der Waals surface area contributed by atoms with Crippen molar-refractivity contribution >= 4 is 0 Å². The van der Waals surface area contributed by atoms with E-state index in [-0.39, 0.29) is 12.6 Å². The van der Waals surface area contributed by atoms with Gasteiger partial charge in [0.2, 0.25) is 0 Å². The Morgan fingerprint density at radius 3 is 2.56 bits per heavy atom. The monoisotopic (exact) mass is 234 g/mol. The number of halogens is 3. The van der Waals surface area contributed by atoms with E-state index in [0.717, 1.165) is 22.9 Å². The zero-order chi connectivity index (χ0) is 12.3. The molecule has 1 aromatic rings. The lowest BCUT2D eigenvalue weighted by atomic mass is 10.2. The SMILES string of the molecule is CCC(N)Cn1cc(C(F)(F)F)ccc1=O. The van der Waals surface area contributed by atoms with Crippen LogP contribution in [0.1, 0.15) is 18.9 Å². The number of aromatic nitrogens is 1. The van der Waals surface area contributed by atoms with Crippen molar-refractivity contribution in [3.8, 4) is 0 Å². The summed E-state index contributed by atoms with van der Waals surface area (Å²) in [6, 6.07) is 1.36. The Hall–Kier alpha value is -1.30. The zero-order valence-electron chi connectivity index (χ0n) is 8.79. The van der Waals surface area contributed by atoms with Crippen molar-refractivity contribution in [2.45, 2.75) is 32.1 Å². The largest absolute Gasteiger partial charge is 0.417 e. The molecule has 6 heteroatoms. The molecule has 0 bridgehead atoms. The highest BCUT2D eigenvalue weighted by Gasteiger charge is 2.31. The van der Waals surface area contributed by atoms with Gasteiger partial charge in [-0.2, -0.15) is 13.2 Å². The Bertz CT molecular complexity index is 411. The number of hydrogen-bond donors (Lipinski definition) is 1. The molecular weight excluding hydrogens is 221 g/mol. The fourth-order valence-electron chi connectivity index (χ4n) is 1.22. The van der Waals surface area contributed by atoms with E-state index < -0.39 is 17.3 Å². The van der Waals surface area contributed by atoms with E-state index in [1.54, 1.807) is 0 Å². The van der Waals surface area contributed by atoms with Crippen LogP contribution in [0.3, 0.4) is 0 Å². The molecule has 1 rings (SSSR count). The maximum absolute atomic E-state index is 12.4. The Labute approximate surface area is 90.7 Å². The van der Waals surface area contributed by atoms with E-state index in [1.165, 1.54) is 0 Å². The van der Waals surface area contributed by atoms with Crippen LogP contribution >= 0.6 is 0 Å². The molecular formula is C10H13F3N2O. The average Bonchev–Trinajstić information content (AvgIpc) is 2.19. The van der Waals surface area contributed by atoms with Gasteiger partial charge in [0.05, 0.1) is 5.56 Å². The fraction of sp³-hybridized carbons (Fsp3) is 0.500. The molecule has 3 nitrogen and oxygen atoms in total. The third kappa shape index (κ3) is 3.10. The highest BCUT2D eigenvalue weighted by atomic mass is 19.4. The van der Waals surface area contributed by atoms with Crippen LogP contribution in [0.25, 0.3) is 0 Å². The van der Waals surface area contributed by atoms with Crippen LogP contribution in [-0.2, 0) is 12.7 Å². The van der Waals surface area contributed by atoms with E-state index in [4.69, 9.17) is 5.73 Å². The van der Waals surface area contributed by atoms with Crippen molar-refractivity contribution in [1.29, 1.82) is 0 Å². The highest BCUT2D eigenvalue weighted by molar-refractivity contribution is 5.13. The topological polar surface area (TPSA) is 48.0 Å². The van der Waals surface area contributed by atoms with Crippen molar-refractivity contribution < 1.29 is 13.2 Å². The predicted molar refractivity (Wildman–Crippen MR) is 54.0 cm³/mol. The summed E-state index contributed by atoms with van der Waals surface area (Å²) in [4.78, 5) is 11.3. The zero-order valence-corrected chi connectivity index (χ0v) is 8.79. The summed E-state index contributed by atoms with van der Waals surface area (Å²) in [5.74, 6) is 0. The van der Waals surface area contributed by atoms with Crippen LogP contribution in [0.4, 0.5) is 13.2 Å². The van der Waals surface area contributed by atoms with E-state index in [9.17, 15) is 18.0 Å². The number of nitrogens with zero attached hydrogens (tertiary/aromatic N) is 1. The molecule has 0 aromatic carbocycles. The van der Waals surface area contributed by atoms with Crippen LogP contribution in [-0.4, -0.2) is 10.6 Å². The van der Waals surface area contributed by atoms with Gasteiger partial charge in [0.1, 0.15) is 0 Å². The van der Waals surface area contributed by atoms with Crippen molar-refractivity contribution in [1.82, 2.24) is 4.57 Å². The quantitative estimate of drug-likeness (QED) is 0.863. The Morgan fingerprint density at radius 1 is 1.44 bits per heavy atom. The molecule has 1 atom stereocenters. The second kappa shape index (κ2) is 4.69. The minimum absolute atomic E-state index is 0.0965. The van der Waals surface area contributed by atoms with Crippen molar-refractivity contribution in [3.63, 3.8) is 0 Å². The van der Waals surface area contributed by atoms with Gasteiger partial charge in [-0.05, 0) is 12.5 Å². The van der Waals surface area contributed by atoms with Crippen LogP contribution < -0.4 is 11.3 Å². The Balaban J connectivity index is 3.05. The van der Waals surface area contributed by atoms with Gasteiger partial charge in [-0.15, -0.1) is 0 Å². The normalized spacial score (nSPS) is 13.8. The van der Waals surface area contributed by atoms with Gasteiger partial charge in [-0.25, -0.2) is 0 Å². The maximum Gasteiger partial charge on any atom is 0.417 e. The molecule has 0 aliphatic heterocycles. The van der Waals surface area contributed by atoms with E-state index in [2.05, 4.69) is 0 Å². The minimum Gasteiger partial charge on any atom is -0.326 e. The third-order valence-electron chi connectivity index (χ3n) is 2.27. The van der Waals surface area contributed by atoms with Gasteiger partial charge >= 0.3 is 6.18 Å². The number of nitrogens with two attached hydrogens (primary N) is 1. The third-order valence-corrected chi connectivity index (χ3v) is 2.27. The summed E-state index contributed by atoms with van der Waals surface area (Å²) in [5, 5.41) is 0. The van der Waals surface area contributed by atoms with E-state index >= 15 is 0 Å². The Kier molecular flexibility index (Phi) is 3.74. The second-order valence-electron chi connectivity index (χ2n) is 3.57. The fourth-order valence-corrected chi connectivity index (χ4v) is 1.22. The molecule has 1 unspecified atom stereocenters. The van der Waals surface area contributed by atoms with E-state index in [1.807, 2.05) is 6.92 Å². The first kappa shape index (κ1) is 12.8. The minimum atomic E-state index is -4.44. The maximum atomic E-state index is 12.4. The van der Waals surface area contributed by atoms with Crippen LogP contribution in [0.5, 0.6) is 0 Å².